The number of aryl methyl sites for hydroxylation is 1. The number of fused-ring (bicyclic) bond motifs is 2. The summed E-state index contributed by atoms with van der Waals surface area (Å²) in [5, 5.41) is 1.99. The number of thioether (sulfide) groups is 1. The Morgan fingerprint density at radius 2 is 1.94 bits per heavy atom. The third-order valence-electron chi connectivity index (χ3n) is 4.95. The van der Waals surface area contributed by atoms with Crippen LogP contribution in [0, 0.1) is 0 Å². The van der Waals surface area contributed by atoms with Gasteiger partial charge in [0, 0.05) is 41.5 Å². The molecule has 162 valence electrons. The van der Waals surface area contributed by atoms with E-state index in [1.807, 2.05) is 53.1 Å². The number of thiazole rings is 1. The SMILES string of the molecule is CCN1C(=CC(N)=Cc2sc3ccccc3[n+]2CCCS(=O)(=O)[O-])Sc2ccccc21. The van der Waals surface area contributed by atoms with Gasteiger partial charge in [0.15, 0.2) is 6.54 Å². The van der Waals surface area contributed by atoms with Crippen LogP contribution in [0.3, 0.4) is 0 Å². The Morgan fingerprint density at radius 3 is 2.71 bits per heavy atom. The molecule has 1 aromatic heterocycles. The Bertz CT molecular complexity index is 1280. The smallest absolute Gasteiger partial charge is 0.264 e. The van der Waals surface area contributed by atoms with Crippen LogP contribution < -0.4 is 15.2 Å². The lowest BCUT2D eigenvalue weighted by Crippen LogP contribution is -2.36. The second kappa shape index (κ2) is 9.04. The van der Waals surface area contributed by atoms with Crippen LogP contribution in [0.4, 0.5) is 5.69 Å². The fraction of sp³-hybridized carbons (Fsp3) is 0.227. The molecular formula is C22H23N3O3S3. The van der Waals surface area contributed by atoms with Crippen molar-refractivity contribution in [3.63, 3.8) is 0 Å². The third-order valence-corrected chi connectivity index (χ3v) is 7.96. The zero-order chi connectivity index (χ0) is 22.0. The maximum atomic E-state index is 11.0. The van der Waals surface area contributed by atoms with E-state index in [4.69, 9.17) is 5.73 Å². The number of aromatic nitrogens is 1. The van der Waals surface area contributed by atoms with Crippen molar-refractivity contribution in [2.45, 2.75) is 24.8 Å². The molecule has 0 atom stereocenters. The Hall–Kier alpha value is -2.33. The number of para-hydroxylation sites is 2. The van der Waals surface area contributed by atoms with Crippen LogP contribution in [-0.4, -0.2) is 25.3 Å². The molecule has 31 heavy (non-hydrogen) atoms. The summed E-state index contributed by atoms with van der Waals surface area (Å²) in [6.45, 7) is 3.39. The first kappa shape index (κ1) is 21.9. The summed E-state index contributed by atoms with van der Waals surface area (Å²) >= 11 is 3.29. The topological polar surface area (TPSA) is 90.3 Å². The lowest BCUT2D eigenvalue weighted by atomic mass is 10.3. The number of nitrogens with two attached hydrogens (primary N) is 1. The molecule has 1 aliphatic rings. The molecule has 9 heteroatoms. The predicted molar refractivity (Wildman–Crippen MR) is 127 cm³/mol. The molecule has 0 radical (unpaired) electrons. The molecule has 0 amide bonds. The second-order valence-corrected chi connectivity index (χ2v) is 10.8. The van der Waals surface area contributed by atoms with E-state index in [9.17, 15) is 13.0 Å². The molecule has 6 nitrogen and oxygen atoms in total. The molecule has 4 rings (SSSR count). The largest absolute Gasteiger partial charge is 0.748 e. The second-order valence-electron chi connectivity index (χ2n) is 7.12. The molecule has 3 aromatic rings. The van der Waals surface area contributed by atoms with Crippen LogP contribution in [0.5, 0.6) is 0 Å². The standard InChI is InChI=1S/C22H23N3O3S3/c1-2-24-17-8-3-5-10-19(17)29-21(24)14-16(23)15-22-25(12-7-13-31(26,27)28)18-9-4-6-11-20(18)30-22/h3-6,8-11,14-15,23H,2,7,12-13H2,1H3,(H,26,27,28). The highest BCUT2D eigenvalue weighted by Crippen LogP contribution is 2.45. The number of hydrogen-bond donors (Lipinski definition) is 1. The molecule has 0 spiro atoms. The maximum absolute atomic E-state index is 11.0. The minimum Gasteiger partial charge on any atom is -0.748 e. The van der Waals surface area contributed by atoms with Gasteiger partial charge in [0.25, 0.3) is 5.01 Å². The van der Waals surface area contributed by atoms with Gasteiger partial charge >= 0.3 is 0 Å². The summed E-state index contributed by atoms with van der Waals surface area (Å²) < 4.78 is 36.2. The van der Waals surface area contributed by atoms with Crippen molar-refractivity contribution < 1.29 is 17.5 Å². The number of hydrogen-bond acceptors (Lipinski definition) is 7. The number of anilines is 1. The van der Waals surface area contributed by atoms with Crippen molar-refractivity contribution in [3.05, 3.63) is 70.3 Å². The molecule has 2 aromatic carbocycles. The van der Waals surface area contributed by atoms with Gasteiger partial charge in [0.05, 0.1) is 20.8 Å². The predicted octanol–water partition coefficient (Wildman–Crippen LogP) is 3.90. The average Bonchev–Trinajstić information content (AvgIpc) is 3.24. The Labute approximate surface area is 190 Å². The number of rotatable bonds is 7. The van der Waals surface area contributed by atoms with Gasteiger partial charge in [-0.15, -0.1) is 0 Å². The summed E-state index contributed by atoms with van der Waals surface area (Å²) in [4.78, 5) is 3.44. The van der Waals surface area contributed by atoms with E-state index in [1.54, 1.807) is 23.1 Å². The van der Waals surface area contributed by atoms with Gasteiger partial charge in [-0.2, -0.15) is 4.57 Å². The summed E-state index contributed by atoms with van der Waals surface area (Å²) in [5.74, 6) is -0.382. The normalized spacial score (nSPS) is 15.7. The zero-order valence-corrected chi connectivity index (χ0v) is 19.5. The molecule has 0 bridgehead atoms. The van der Waals surface area contributed by atoms with Crippen molar-refractivity contribution in [1.29, 1.82) is 0 Å². The molecule has 0 unspecified atom stereocenters. The monoisotopic (exact) mass is 473 g/mol. The molecule has 0 fully saturated rings. The van der Waals surface area contributed by atoms with Crippen LogP contribution in [0.2, 0.25) is 0 Å². The lowest BCUT2D eigenvalue weighted by Gasteiger charge is -2.17. The van der Waals surface area contributed by atoms with E-state index in [0.29, 0.717) is 12.2 Å². The van der Waals surface area contributed by atoms with E-state index in [1.165, 1.54) is 10.6 Å². The van der Waals surface area contributed by atoms with E-state index >= 15 is 0 Å². The molecule has 1 aliphatic heterocycles. The van der Waals surface area contributed by atoms with Crippen molar-refractivity contribution in [3.8, 4) is 0 Å². The lowest BCUT2D eigenvalue weighted by molar-refractivity contribution is -0.668. The van der Waals surface area contributed by atoms with E-state index in [-0.39, 0.29) is 12.2 Å². The Balaban J connectivity index is 1.65. The van der Waals surface area contributed by atoms with Crippen LogP contribution in [-0.2, 0) is 16.7 Å². The summed E-state index contributed by atoms with van der Waals surface area (Å²) in [7, 11) is -4.24. The van der Waals surface area contributed by atoms with Crippen molar-refractivity contribution in [1.82, 2.24) is 0 Å². The van der Waals surface area contributed by atoms with Crippen molar-refractivity contribution in [2.75, 3.05) is 17.2 Å². The Kier molecular flexibility index (Phi) is 6.38. The highest BCUT2D eigenvalue weighted by atomic mass is 32.2. The van der Waals surface area contributed by atoms with Gasteiger partial charge in [-0.1, -0.05) is 47.4 Å². The molecule has 0 aliphatic carbocycles. The fourth-order valence-electron chi connectivity index (χ4n) is 3.60. The number of nitrogens with zero attached hydrogens (tertiary/aromatic N) is 2. The maximum Gasteiger partial charge on any atom is 0.264 e. The first-order chi connectivity index (χ1) is 14.9. The minimum atomic E-state index is -4.24. The summed E-state index contributed by atoms with van der Waals surface area (Å²) in [6.07, 6.45) is 4.15. The van der Waals surface area contributed by atoms with Crippen LogP contribution in [0.25, 0.3) is 16.3 Å². The van der Waals surface area contributed by atoms with Crippen LogP contribution in [0.1, 0.15) is 18.4 Å². The first-order valence-electron chi connectivity index (χ1n) is 9.94. The highest BCUT2D eigenvalue weighted by molar-refractivity contribution is 8.03. The molecule has 0 saturated heterocycles. The average molecular weight is 474 g/mol. The number of allylic oxidation sites excluding steroid dienone is 1. The summed E-state index contributed by atoms with van der Waals surface area (Å²) in [6, 6.07) is 16.2. The first-order valence-corrected chi connectivity index (χ1v) is 13.1. The van der Waals surface area contributed by atoms with Gasteiger partial charge in [0.2, 0.25) is 5.52 Å². The van der Waals surface area contributed by atoms with Crippen molar-refractivity contribution >= 4 is 55.2 Å². The summed E-state index contributed by atoms with van der Waals surface area (Å²) in [5.41, 5.74) is 9.22. The van der Waals surface area contributed by atoms with Gasteiger partial charge in [-0.25, -0.2) is 8.42 Å². The fourth-order valence-corrected chi connectivity index (χ4v) is 6.42. The van der Waals surface area contributed by atoms with Gasteiger partial charge in [-0.05, 0) is 31.2 Å². The number of benzene rings is 2. The third kappa shape index (κ3) is 4.95. The molecular weight excluding hydrogens is 450 g/mol. The van der Waals surface area contributed by atoms with Crippen molar-refractivity contribution in [2.24, 2.45) is 5.73 Å². The molecule has 2 N–H and O–H groups in total. The van der Waals surface area contributed by atoms with E-state index in [0.717, 1.165) is 26.8 Å². The van der Waals surface area contributed by atoms with Crippen LogP contribution in [0.15, 0.2) is 70.2 Å². The molecule has 0 saturated carbocycles. The van der Waals surface area contributed by atoms with Gasteiger partial charge < -0.3 is 15.2 Å². The van der Waals surface area contributed by atoms with E-state index < -0.39 is 10.1 Å². The quantitative estimate of drug-likeness (QED) is 0.413. The minimum absolute atomic E-state index is 0.258. The highest BCUT2D eigenvalue weighted by Gasteiger charge is 2.24. The van der Waals surface area contributed by atoms with Gasteiger partial charge in [-0.3, -0.25) is 0 Å². The molecule has 2 heterocycles. The van der Waals surface area contributed by atoms with Crippen LogP contribution >= 0.6 is 23.1 Å². The van der Waals surface area contributed by atoms with Gasteiger partial charge in [0.1, 0.15) is 4.70 Å². The zero-order valence-electron chi connectivity index (χ0n) is 17.0. The van der Waals surface area contributed by atoms with E-state index in [2.05, 4.69) is 24.0 Å². The Morgan fingerprint density at radius 1 is 1.19 bits per heavy atom.